The lowest BCUT2D eigenvalue weighted by Crippen LogP contribution is -2.01. The minimum Gasteiger partial charge on any atom is -0.0622 e. The van der Waals surface area contributed by atoms with Crippen LogP contribution in [0, 0.1) is 0 Å². The number of hydrogen-bond acceptors (Lipinski definition) is 0. The molecule has 0 unspecified atom stereocenters. The smallest absolute Gasteiger partial charge is 0.00104 e. The van der Waals surface area contributed by atoms with E-state index in [1.807, 2.05) is 0 Å². The molecule has 0 N–H and O–H groups in total. The van der Waals surface area contributed by atoms with Gasteiger partial charge in [0.1, 0.15) is 0 Å². The lowest BCUT2D eigenvalue weighted by Gasteiger charge is -2.21. The van der Waals surface area contributed by atoms with Gasteiger partial charge < -0.3 is 0 Å². The Morgan fingerprint density at radius 3 is 1.81 bits per heavy atom. The van der Waals surface area contributed by atoms with Gasteiger partial charge in [-0.05, 0) is 74.5 Å². The number of fused-ring (bicyclic) bond motifs is 3. The van der Waals surface area contributed by atoms with E-state index in [0.717, 1.165) is 12.8 Å². The molecule has 0 aliphatic heterocycles. The second kappa shape index (κ2) is 7.98. The average Bonchev–Trinajstić information content (AvgIpc) is 3.24. The molecule has 0 radical (unpaired) electrons. The van der Waals surface area contributed by atoms with Gasteiger partial charge in [0.25, 0.3) is 0 Å². The van der Waals surface area contributed by atoms with E-state index in [1.54, 1.807) is 0 Å². The van der Waals surface area contributed by atoms with Crippen LogP contribution in [0.15, 0.2) is 121 Å². The van der Waals surface area contributed by atoms with Gasteiger partial charge in [-0.3, -0.25) is 0 Å². The average molecular weight is 409 g/mol. The highest BCUT2D eigenvalue weighted by atomic mass is 14.3. The Kier molecular flexibility index (Phi) is 4.70. The van der Waals surface area contributed by atoms with Gasteiger partial charge in [0.2, 0.25) is 0 Å². The summed E-state index contributed by atoms with van der Waals surface area (Å²) < 4.78 is 0. The van der Waals surface area contributed by atoms with Gasteiger partial charge in [-0.2, -0.15) is 0 Å². The van der Waals surface area contributed by atoms with E-state index < -0.39 is 0 Å². The minimum atomic E-state index is 0.933. The molecule has 0 heterocycles. The van der Waals surface area contributed by atoms with Gasteiger partial charge in [0, 0.05) is 0 Å². The zero-order valence-electron chi connectivity index (χ0n) is 18.0. The third-order valence-electron chi connectivity index (χ3n) is 6.59. The van der Waals surface area contributed by atoms with Gasteiger partial charge in [0.15, 0.2) is 0 Å². The molecule has 5 aromatic rings. The molecule has 32 heavy (non-hydrogen) atoms. The van der Waals surface area contributed by atoms with Crippen molar-refractivity contribution >= 4 is 0 Å². The Morgan fingerprint density at radius 2 is 1.09 bits per heavy atom. The van der Waals surface area contributed by atoms with Crippen molar-refractivity contribution in [1.82, 2.24) is 0 Å². The second-order valence-corrected chi connectivity index (χ2v) is 8.53. The Morgan fingerprint density at radius 1 is 0.500 bits per heavy atom. The van der Waals surface area contributed by atoms with Crippen molar-refractivity contribution in [1.29, 1.82) is 0 Å². The van der Waals surface area contributed by atoms with Crippen molar-refractivity contribution in [3.8, 4) is 33.4 Å². The molecular formula is C32H24. The largest absolute Gasteiger partial charge is 0.0622 e. The predicted molar refractivity (Wildman–Crippen MR) is 135 cm³/mol. The van der Waals surface area contributed by atoms with E-state index in [1.165, 1.54) is 55.6 Å². The van der Waals surface area contributed by atoms with E-state index >= 15 is 0 Å². The van der Waals surface area contributed by atoms with Gasteiger partial charge >= 0.3 is 0 Å². The van der Waals surface area contributed by atoms with Crippen LogP contribution in [-0.4, -0.2) is 0 Å². The quantitative estimate of drug-likeness (QED) is 0.276. The van der Waals surface area contributed by atoms with Crippen molar-refractivity contribution < 1.29 is 0 Å². The normalized spacial score (nSPS) is 11.8. The predicted octanol–water partition coefficient (Wildman–Crippen LogP) is 8.18. The van der Waals surface area contributed by atoms with Gasteiger partial charge in [-0.1, -0.05) is 115 Å². The molecule has 0 spiro atoms. The maximum absolute atomic E-state index is 2.44. The van der Waals surface area contributed by atoms with E-state index in [9.17, 15) is 0 Å². The summed E-state index contributed by atoms with van der Waals surface area (Å²) in [5.41, 5.74) is 13.7. The zero-order valence-corrected chi connectivity index (χ0v) is 18.0. The summed E-state index contributed by atoms with van der Waals surface area (Å²) in [7, 11) is 0. The maximum atomic E-state index is 2.44. The highest BCUT2D eigenvalue weighted by molar-refractivity contribution is 5.93. The summed E-state index contributed by atoms with van der Waals surface area (Å²) in [6.45, 7) is 0. The monoisotopic (exact) mass is 408 g/mol. The molecule has 0 aromatic heterocycles. The van der Waals surface area contributed by atoms with Crippen molar-refractivity contribution in [2.75, 3.05) is 0 Å². The molecule has 0 amide bonds. The standard InChI is InChI=1S/C32H24/c1-4-12-23(13-5-1)20-31-29-21-26-18-10-11-19-27(26)30(29)22-28(24-14-6-2-7-15-24)32(31)25-16-8-3-9-17-25/h1-19,22H,20-21H2. The number of hydrogen-bond donors (Lipinski definition) is 0. The van der Waals surface area contributed by atoms with Crippen LogP contribution >= 0.6 is 0 Å². The fourth-order valence-corrected chi connectivity index (χ4v) is 5.12. The molecule has 152 valence electrons. The second-order valence-electron chi connectivity index (χ2n) is 8.53. The summed E-state index contributed by atoms with van der Waals surface area (Å²) in [6, 6.07) is 44.0. The van der Waals surface area contributed by atoms with Crippen molar-refractivity contribution in [3.05, 3.63) is 144 Å². The van der Waals surface area contributed by atoms with Crippen LogP contribution in [-0.2, 0) is 12.8 Å². The Labute approximate surface area is 189 Å². The van der Waals surface area contributed by atoms with Gasteiger partial charge in [-0.15, -0.1) is 0 Å². The summed E-state index contributed by atoms with van der Waals surface area (Å²) in [5.74, 6) is 0. The summed E-state index contributed by atoms with van der Waals surface area (Å²) in [4.78, 5) is 0. The maximum Gasteiger partial charge on any atom is -0.00104 e. The number of rotatable bonds is 4. The van der Waals surface area contributed by atoms with Crippen LogP contribution in [0.3, 0.4) is 0 Å². The van der Waals surface area contributed by atoms with Crippen LogP contribution in [0.4, 0.5) is 0 Å². The molecule has 0 saturated heterocycles. The molecule has 0 bridgehead atoms. The highest BCUT2D eigenvalue weighted by Crippen LogP contribution is 2.47. The molecular weight excluding hydrogens is 384 g/mol. The number of benzene rings is 5. The van der Waals surface area contributed by atoms with Crippen LogP contribution in [0.5, 0.6) is 0 Å². The molecule has 1 aliphatic carbocycles. The molecule has 1 aliphatic rings. The fraction of sp³-hybridized carbons (Fsp3) is 0.0625. The first-order valence-corrected chi connectivity index (χ1v) is 11.3. The topological polar surface area (TPSA) is 0 Å². The van der Waals surface area contributed by atoms with Crippen molar-refractivity contribution in [3.63, 3.8) is 0 Å². The first-order valence-electron chi connectivity index (χ1n) is 11.3. The lowest BCUT2D eigenvalue weighted by atomic mass is 9.83. The van der Waals surface area contributed by atoms with Crippen LogP contribution in [0.2, 0.25) is 0 Å². The molecule has 0 saturated carbocycles. The van der Waals surface area contributed by atoms with Gasteiger partial charge in [0.05, 0.1) is 0 Å². The van der Waals surface area contributed by atoms with Crippen LogP contribution < -0.4 is 0 Å². The van der Waals surface area contributed by atoms with Crippen molar-refractivity contribution in [2.45, 2.75) is 12.8 Å². The Balaban J connectivity index is 1.69. The zero-order chi connectivity index (χ0) is 21.3. The molecule has 0 heteroatoms. The molecule has 5 aromatic carbocycles. The SMILES string of the molecule is c1ccc(Cc2c3c(cc(-c4ccccc4)c2-c2ccccc2)-c2ccccc2C3)cc1. The fourth-order valence-electron chi connectivity index (χ4n) is 5.12. The summed E-state index contributed by atoms with van der Waals surface area (Å²) >= 11 is 0. The lowest BCUT2D eigenvalue weighted by molar-refractivity contribution is 1.12. The Bertz CT molecular complexity index is 1380. The summed E-state index contributed by atoms with van der Waals surface area (Å²) in [6.07, 6.45) is 1.94. The van der Waals surface area contributed by atoms with Crippen LogP contribution in [0.25, 0.3) is 33.4 Å². The molecule has 0 fully saturated rings. The third kappa shape index (κ3) is 3.25. The van der Waals surface area contributed by atoms with Crippen LogP contribution in [0.1, 0.15) is 22.3 Å². The third-order valence-corrected chi connectivity index (χ3v) is 6.59. The Hall–Kier alpha value is -3.90. The minimum absolute atomic E-state index is 0.933. The van der Waals surface area contributed by atoms with E-state index in [4.69, 9.17) is 0 Å². The van der Waals surface area contributed by atoms with E-state index in [0.29, 0.717) is 0 Å². The molecule has 6 rings (SSSR count). The van der Waals surface area contributed by atoms with E-state index in [2.05, 4.69) is 121 Å². The van der Waals surface area contributed by atoms with E-state index in [-0.39, 0.29) is 0 Å². The highest BCUT2D eigenvalue weighted by Gasteiger charge is 2.26. The first kappa shape index (κ1) is 18.8. The summed E-state index contributed by atoms with van der Waals surface area (Å²) in [5, 5.41) is 0. The first-order chi connectivity index (χ1) is 15.9. The molecule has 0 nitrogen and oxygen atoms in total. The molecule has 0 atom stereocenters. The van der Waals surface area contributed by atoms with Gasteiger partial charge in [-0.25, -0.2) is 0 Å². The van der Waals surface area contributed by atoms with Crippen molar-refractivity contribution in [2.24, 2.45) is 0 Å².